The van der Waals surface area contributed by atoms with Crippen molar-refractivity contribution in [2.75, 3.05) is 11.9 Å². The van der Waals surface area contributed by atoms with Gasteiger partial charge < -0.3 is 5.32 Å². The number of sulfonamides is 2. The van der Waals surface area contributed by atoms with Gasteiger partial charge in [0.2, 0.25) is 26.0 Å². The summed E-state index contributed by atoms with van der Waals surface area (Å²) in [7, 11) is -7.91. The van der Waals surface area contributed by atoms with Crippen molar-refractivity contribution in [3.05, 3.63) is 88.4 Å². The number of anilines is 1. The average Bonchev–Trinajstić information content (AvgIpc) is 2.76. The van der Waals surface area contributed by atoms with Crippen molar-refractivity contribution < 1.29 is 21.6 Å². The van der Waals surface area contributed by atoms with E-state index < -0.39 is 32.5 Å². The Morgan fingerprint density at radius 2 is 1.48 bits per heavy atom. The summed E-state index contributed by atoms with van der Waals surface area (Å²) in [6, 6.07) is 17.6. The summed E-state index contributed by atoms with van der Waals surface area (Å²) in [5, 5.41) is 8.19. The minimum atomic E-state index is -4.04. The lowest BCUT2D eigenvalue weighted by molar-refractivity contribution is -0.116. The Morgan fingerprint density at radius 1 is 0.848 bits per heavy atom. The molecule has 0 spiro atoms. The monoisotopic (exact) mass is 527 g/mol. The van der Waals surface area contributed by atoms with Crippen molar-refractivity contribution >= 4 is 54.8 Å². The molecule has 1 amide bonds. The van der Waals surface area contributed by atoms with Crippen LogP contribution in [0, 0.1) is 0 Å². The topological polar surface area (TPSA) is 127 Å². The van der Waals surface area contributed by atoms with Gasteiger partial charge in [-0.2, -0.15) is 4.31 Å². The van der Waals surface area contributed by atoms with Crippen LogP contribution in [-0.4, -0.2) is 33.6 Å². The lowest BCUT2D eigenvalue weighted by Gasteiger charge is -2.22. The zero-order chi connectivity index (χ0) is 24.2. The lowest BCUT2D eigenvalue weighted by Crippen LogP contribution is -2.37. The standard InChI is InChI=1S/C21H19Cl2N3O5S2/c22-19-11-6-15(12-20(19)23)13-26(33(30,31)18-4-2-1-3-5-18)14-21(27)25-16-7-9-17(10-8-16)32(24,28)29/h1-12H,13-14H2,(H,25,27)(H2,24,28,29). The summed E-state index contributed by atoms with van der Waals surface area (Å²) in [6.45, 7) is -0.639. The molecule has 3 rings (SSSR count). The molecule has 0 aliphatic carbocycles. The minimum Gasteiger partial charge on any atom is -0.325 e. The zero-order valence-corrected chi connectivity index (χ0v) is 20.1. The van der Waals surface area contributed by atoms with Crippen LogP contribution in [-0.2, 0) is 31.4 Å². The maximum atomic E-state index is 13.2. The molecule has 0 atom stereocenters. The third-order valence-corrected chi connectivity index (χ3v) is 7.98. The number of carbonyl (C=O) groups is 1. The van der Waals surface area contributed by atoms with E-state index in [-0.39, 0.29) is 27.0 Å². The highest BCUT2D eigenvalue weighted by atomic mass is 35.5. The van der Waals surface area contributed by atoms with Crippen LogP contribution in [0.5, 0.6) is 0 Å². The Hall–Kier alpha value is -2.47. The Kier molecular flexibility index (Phi) is 7.78. The molecule has 0 aliphatic rings. The van der Waals surface area contributed by atoms with Crippen molar-refractivity contribution in [1.29, 1.82) is 0 Å². The predicted octanol–water partition coefficient (Wildman–Crippen LogP) is 3.47. The van der Waals surface area contributed by atoms with Gasteiger partial charge >= 0.3 is 0 Å². The van der Waals surface area contributed by atoms with Crippen molar-refractivity contribution in [1.82, 2.24) is 4.31 Å². The number of hydrogen-bond acceptors (Lipinski definition) is 5. The number of rotatable bonds is 8. The Morgan fingerprint density at radius 3 is 2.06 bits per heavy atom. The fourth-order valence-corrected chi connectivity index (χ4v) is 5.14. The number of primary sulfonamides is 1. The van der Waals surface area contributed by atoms with Gasteiger partial charge in [0, 0.05) is 12.2 Å². The zero-order valence-electron chi connectivity index (χ0n) is 17.0. The second-order valence-electron chi connectivity index (χ2n) is 6.95. The molecule has 0 unspecified atom stereocenters. The molecule has 3 N–H and O–H groups in total. The molecular weight excluding hydrogens is 509 g/mol. The molecule has 0 radical (unpaired) electrons. The second kappa shape index (κ2) is 10.2. The molecule has 12 heteroatoms. The van der Waals surface area contributed by atoms with Gasteiger partial charge in [0.1, 0.15) is 0 Å². The van der Waals surface area contributed by atoms with E-state index in [1.165, 1.54) is 42.5 Å². The first-order valence-corrected chi connectivity index (χ1v) is 13.1. The fourth-order valence-electron chi connectivity index (χ4n) is 2.90. The van der Waals surface area contributed by atoms with Crippen molar-refractivity contribution in [3.63, 3.8) is 0 Å². The molecule has 33 heavy (non-hydrogen) atoms. The van der Waals surface area contributed by atoms with Gasteiger partial charge in [0.25, 0.3) is 0 Å². The van der Waals surface area contributed by atoms with Crippen LogP contribution in [0.25, 0.3) is 0 Å². The number of nitrogens with zero attached hydrogens (tertiary/aromatic N) is 1. The second-order valence-corrected chi connectivity index (χ2v) is 11.3. The molecule has 0 saturated heterocycles. The lowest BCUT2D eigenvalue weighted by atomic mass is 10.2. The van der Waals surface area contributed by atoms with E-state index >= 15 is 0 Å². The summed E-state index contributed by atoms with van der Waals surface area (Å²) in [5.41, 5.74) is 0.813. The van der Waals surface area contributed by atoms with Gasteiger partial charge in [-0.1, -0.05) is 47.5 Å². The summed E-state index contributed by atoms with van der Waals surface area (Å²) in [6.07, 6.45) is 0. The minimum absolute atomic E-state index is 0.0235. The SMILES string of the molecule is NS(=O)(=O)c1ccc(NC(=O)CN(Cc2ccc(Cl)c(Cl)c2)S(=O)(=O)c2ccccc2)cc1. The van der Waals surface area contributed by atoms with Crippen LogP contribution < -0.4 is 10.5 Å². The number of hydrogen-bond donors (Lipinski definition) is 2. The molecule has 0 heterocycles. The third-order valence-electron chi connectivity index (χ3n) is 4.51. The normalized spacial score (nSPS) is 12.0. The average molecular weight is 528 g/mol. The van der Waals surface area contributed by atoms with Gasteiger partial charge in [-0.25, -0.2) is 22.0 Å². The number of nitrogens with one attached hydrogen (secondary N) is 1. The Balaban J connectivity index is 1.85. The number of halogens is 2. The highest BCUT2D eigenvalue weighted by Gasteiger charge is 2.27. The summed E-state index contributed by atoms with van der Waals surface area (Å²) >= 11 is 12.0. The van der Waals surface area contributed by atoms with Crippen LogP contribution in [0.15, 0.2) is 82.6 Å². The number of carbonyl (C=O) groups excluding carboxylic acids is 1. The van der Waals surface area contributed by atoms with E-state index in [9.17, 15) is 21.6 Å². The van der Waals surface area contributed by atoms with E-state index in [0.717, 1.165) is 4.31 Å². The van der Waals surface area contributed by atoms with E-state index in [4.69, 9.17) is 28.3 Å². The van der Waals surface area contributed by atoms with Gasteiger partial charge in [-0.15, -0.1) is 0 Å². The molecule has 3 aromatic rings. The molecule has 174 valence electrons. The maximum Gasteiger partial charge on any atom is 0.243 e. The molecule has 0 bridgehead atoms. The quantitative estimate of drug-likeness (QED) is 0.463. The smallest absolute Gasteiger partial charge is 0.243 e. The number of nitrogens with two attached hydrogens (primary N) is 1. The van der Waals surface area contributed by atoms with Crippen molar-refractivity contribution in [3.8, 4) is 0 Å². The van der Waals surface area contributed by atoms with Gasteiger partial charge in [-0.05, 0) is 54.1 Å². The fraction of sp³-hybridized carbons (Fsp3) is 0.0952. The largest absolute Gasteiger partial charge is 0.325 e. The van der Waals surface area contributed by atoms with Crippen LogP contribution in [0.3, 0.4) is 0 Å². The van der Waals surface area contributed by atoms with Crippen LogP contribution in [0.4, 0.5) is 5.69 Å². The molecule has 0 aliphatic heterocycles. The third kappa shape index (κ3) is 6.53. The molecule has 0 fully saturated rings. The maximum absolute atomic E-state index is 13.2. The number of amides is 1. The summed E-state index contributed by atoms with van der Waals surface area (Å²) in [4.78, 5) is 12.6. The summed E-state index contributed by atoms with van der Waals surface area (Å²) < 4.78 is 50.2. The first-order chi connectivity index (χ1) is 15.5. The van der Waals surface area contributed by atoms with Gasteiger partial charge in [0.15, 0.2) is 0 Å². The Labute approximate surface area is 202 Å². The van der Waals surface area contributed by atoms with Crippen LogP contribution >= 0.6 is 23.2 Å². The first kappa shape index (κ1) is 25.2. The highest BCUT2D eigenvalue weighted by molar-refractivity contribution is 7.89. The predicted molar refractivity (Wildman–Crippen MR) is 127 cm³/mol. The van der Waals surface area contributed by atoms with Crippen LogP contribution in [0.2, 0.25) is 10.0 Å². The first-order valence-electron chi connectivity index (χ1n) is 9.38. The summed E-state index contributed by atoms with van der Waals surface area (Å²) in [5.74, 6) is -0.627. The van der Waals surface area contributed by atoms with E-state index in [1.807, 2.05) is 0 Å². The van der Waals surface area contributed by atoms with Crippen molar-refractivity contribution in [2.24, 2.45) is 5.14 Å². The molecule has 0 saturated carbocycles. The van der Waals surface area contributed by atoms with E-state index in [2.05, 4.69) is 5.32 Å². The van der Waals surface area contributed by atoms with Gasteiger partial charge in [0.05, 0.1) is 26.4 Å². The molecule has 3 aromatic carbocycles. The molecule has 0 aromatic heterocycles. The van der Waals surface area contributed by atoms with Gasteiger partial charge in [-0.3, -0.25) is 4.79 Å². The van der Waals surface area contributed by atoms with E-state index in [1.54, 1.807) is 30.3 Å². The molecular formula is C21H19Cl2N3O5S2. The van der Waals surface area contributed by atoms with Crippen LogP contribution in [0.1, 0.15) is 5.56 Å². The van der Waals surface area contributed by atoms with Crippen molar-refractivity contribution in [2.45, 2.75) is 16.3 Å². The highest BCUT2D eigenvalue weighted by Crippen LogP contribution is 2.25. The van der Waals surface area contributed by atoms with E-state index in [0.29, 0.717) is 10.6 Å². The molecule has 8 nitrogen and oxygen atoms in total. The number of benzene rings is 3. The Bertz CT molecular complexity index is 1360.